The Labute approximate surface area is 297 Å². The molecular formula is C36H47N7O6S. The zero-order chi connectivity index (χ0) is 36.0. The predicted molar refractivity (Wildman–Crippen MR) is 190 cm³/mol. The number of carbonyl (C=O) groups excluding carboxylic acids is 3. The molecule has 0 radical (unpaired) electrons. The second-order valence-corrected chi connectivity index (χ2v) is 13.7. The van der Waals surface area contributed by atoms with Crippen LogP contribution in [0.25, 0.3) is 0 Å². The Kier molecular flexibility index (Phi) is 14.3. The first kappa shape index (κ1) is 38.0. The lowest BCUT2D eigenvalue weighted by molar-refractivity contribution is -0.130. The molecule has 0 bridgehead atoms. The summed E-state index contributed by atoms with van der Waals surface area (Å²) in [6.07, 6.45) is 1.65. The third kappa shape index (κ3) is 12.0. The molecule has 50 heavy (non-hydrogen) atoms. The molecule has 0 aliphatic carbocycles. The highest BCUT2D eigenvalue weighted by atomic mass is 32.1. The lowest BCUT2D eigenvalue weighted by Gasteiger charge is -2.32. The van der Waals surface area contributed by atoms with Gasteiger partial charge in [-0.3, -0.25) is 15.2 Å². The zero-order valence-electron chi connectivity index (χ0n) is 29.1. The van der Waals surface area contributed by atoms with Gasteiger partial charge in [0.2, 0.25) is 0 Å². The van der Waals surface area contributed by atoms with Crippen molar-refractivity contribution in [3.8, 4) is 0 Å². The molecule has 0 saturated heterocycles. The van der Waals surface area contributed by atoms with Crippen LogP contribution in [0.2, 0.25) is 0 Å². The van der Waals surface area contributed by atoms with E-state index in [0.717, 1.165) is 16.0 Å². The second kappa shape index (κ2) is 18.8. The SMILES string of the molecule is CC(C)c1nc(CN(C)C(=O)N[C@H](C(=O)NN(Cc2ccccc2)C[C@H](O)[C@H](Cc2ccccc2)NC(=O)OCc2cncs2)C(C)C)co1. The Morgan fingerprint density at radius 3 is 2.24 bits per heavy atom. The Hall–Kier alpha value is -4.79. The fraction of sp³-hybridized carbons (Fsp3) is 0.417. The first-order valence-corrected chi connectivity index (χ1v) is 17.4. The highest BCUT2D eigenvalue weighted by molar-refractivity contribution is 7.09. The van der Waals surface area contributed by atoms with Crippen molar-refractivity contribution in [1.82, 2.24) is 35.9 Å². The normalized spacial score (nSPS) is 13.1. The predicted octanol–water partition coefficient (Wildman–Crippen LogP) is 4.85. The van der Waals surface area contributed by atoms with Crippen LogP contribution in [0.4, 0.5) is 9.59 Å². The van der Waals surface area contributed by atoms with Gasteiger partial charge in [0.05, 0.1) is 34.8 Å². The standard InChI is InChI=1S/C36H47N7O6S/c1-24(2)32(40-35(46)42(5)19-28-21-48-34(38-28)25(3)4)33(45)41-43(18-27-14-10-7-11-15-27)20-31(44)30(16-26-12-8-6-9-13-26)39-36(47)49-22-29-17-37-23-50-29/h6-15,17,21,23-25,30-32,44H,16,18-20,22H2,1-5H3,(H,39,47)(H,40,46)(H,41,45)/t30-,31-,32-/m0/s1. The van der Waals surface area contributed by atoms with Gasteiger partial charge in [-0.1, -0.05) is 88.4 Å². The molecule has 13 nitrogen and oxygen atoms in total. The number of rotatable bonds is 17. The van der Waals surface area contributed by atoms with Gasteiger partial charge in [-0.05, 0) is 23.5 Å². The van der Waals surface area contributed by atoms with Crippen molar-refractivity contribution in [3.05, 3.63) is 106 Å². The van der Waals surface area contributed by atoms with Gasteiger partial charge in [0.25, 0.3) is 5.91 Å². The highest BCUT2D eigenvalue weighted by Crippen LogP contribution is 2.15. The number of nitrogens with zero attached hydrogens (tertiary/aromatic N) is 4. The Morgan fingerprint density at radius 2 is 1.64 bits per heavy atom. The van der Waals surface area contributed by atoms with Gasteiger partial charge >= 0.3 is 12.1 Å². The quantitative estimate of drug-likeness (QED) is 0.113. The third-order valence-corrected chi connectivity index (χ3v) is 8.58. The number of aliphatic hydroxyl groups excluding tert-OH is 1. The number of ether oxygens (including phenoxy) is 1. The van der Waals surface area contributed by atoms with Crippen molar-refractivity contribution in [2.45, 2.75) is 77.9 Å². The zero-order valence-corrected chi connectivity index (χ0v) is 29.9. The van der Waals surface area contributed by atoms with Crippen LogP contribution in [0.15, 0.2) is 83.1 Å². The van der Waals surface area contributed by atoms with E-state index in [4.69, 9.17) is 9.15 Å². The van der Waals surface area contributed by atoms with E-state index in [-0.39, 0.29) is 38.1 Å². The largest absolute Gasteiger partial charge is 0.448 e. The van der Waals surface area contributed by atoms with Crippen LogP contribution in [0.3, 0.4) is 0 Å². The number of hydrogen-bond acceptors (Lipinski definition) is 10. The molecule has 0 spiro atoms. The average Bonchev–Trinajstić information content (AvgIpc) is 3.79. The highest BCUT2D eigenvalue weighted by Gasteiger charge is 2.30. The van der Waals surface area contributed by atoms with E-state index >= 15 is 0 Å². The number of aromatic nitrogens is 2. The van der Waals surface area contributed by atoms with Gasteiger partial charge in [0, 0.05) is 32.3 Å². The van der Waals surface area contributed by atoms with Crippen LogP contribution in [-0.4, -0.2) is 74.8 Å². The van der Waals surface area contributed by atoms with Gasteiger partial charge in [-0.2, -0.15) is 0 Å². The monoisotopic (exact) mass is 705 g/mol. The lowest BCUT2D eigenvalue weighted by atomic mass is 10.0. The fourth-order valence-electron chi connectivity index (χ4n) is 5.08. The number of hydrazine groups is 1. The maximum atomic E-state index is 13.8. The van der Waals surface area contributed by atoms with E-state index < -0.39 is 36.2 Å². The van der Waals surface area contributed by atoms with Crippen LogP contribution >= 0.6 is 11.3 Å². The number of urea groups is 1. The summed E-state index contributed by atoms with van der Waals surface area (Å²) < 4.78 is 10.9. The summed E-state index contributed by atoms with van der Waals surface area (Å²) in [7, 11) is 1.62. The van der Waals surface area contributed by atoms with E-state index in [1.165, 1.54) is 22.5 Å². The van der Waals surface area contributed by atoms with Crippen molar-refractivity contribution in [2.75, 3.05) is 13.6 Å². The molecular weight excluding hydrogens is 659 g/mol. The molecule has 268 valence electrons. The van der Waals surface area contributed by atoms with E-state index in [1.54, 1.807) is 23.8 Å². The van der Waals surface area contributed by atoms with Crippen molar-refractivity contribution in [1.29, 1.82) is 0 Å². The van der Waals surface area contributed by atoms with Gasteiger partial charge in [0.15, 0.2) is 5.89 Å². The van der Waals surface area contributed by atoms with Crippen molar-refractivity contribution >= 4 is 29.4 Å². The molecule has 14 heteroatoms. The number of aliphatic hydroxyl groups is 1. The summed E-state index contributed by atoms with van der Waals surface area (Å²) >= 11 is 1.37. The molecule has 2 aromatic heterocycles. The summed E-state index contributed by atoms with van der Waals surface area (Å²) in [5.74, 6) is -0.0224. The van der Waals surface area contributed by atoms with Crippen molar-refractivity contribution in [2.24, 2.45) is 5.92 Å². The van der Waals surface area contributed by atoms with Crippen LogP contribution in [-0.2, 0) is 35.6 Å². The number of nitrogens with one attached hydrogen (secondary N) is 3. The van der Waals surface area contributed by atoms with Gasteiger partial charge in [-0.25, -0.2) is 19.6 Å². The maximum Gasteiger partial charge on any atom is 0.407 e. The maximum absolute atomic E-state index is 13.8. The van der Waals surface area contributed by atoms with Crippen molar-refractivity contribution < 1.29 is 28.6 Å². The summed E-state index contributed by atoms with van der Waals surface area (Å²) in [6, 6.07) is 16.8. The Bertz CT molecular complexity index is 1620. The summed E-state index contributed by atoms with van der Waals surface area (Å²) in [5.41, 5.74) is 6.97. The molecule has 3 atom stereocenters. The smallest absolute Gasteiger partial charge is 0.407 e. The number of carbonyl (C=O) groups is 3. The Balaban J connectivity index is 1.46. The molecule has 4 amide bonds. The first-order valence-electron chi connectivity index (χ1n) is 16.6. The molecule has 4 N–H and O–H groups in total. The number of hydrogen-bond donors (Lipinski definition) is 4. The van der Waals surface area contributed by atoms with Crippen LogP contribution < -0.4 is 16.1 Å². The third-order valence-electron chi connectivity index (χ3n) is 7.82. The summed E-state index contributed by atoms with van der Waals surface area (Å²) in [6.45, 7) is 8.07. The van der Waals surface area contributed by atoms with Crippen LogP contribution in [0.5, 0.6) is 0 Å². The average molecular weight is 706 g/mol. The minimum Gasteiger partial charge on any atom is -0.448 e. The topological polar surface area (TPSA) is 162 Å². The molecule has 2 heterocycles. The van der Waals surface area contributed by atoms with Gasteiger partial charge in [0.1, 0.15) is 18.9 Å². The summed E-state index contributed by atoms with van der Waals surface area (Å²) in [5, 5.41) is 18.9. The second-order valence-electron chi connectivity index (χ2n) is 12.8. The van der Waals surface area contributed by atoms with Gasteiger partial charge < -0.3 is 29.8 Å². The molecule has 4 rings (SSSR count). The number of thiazole rings is 1. The first-order chi connectivity index (χ1) is 24.0. The molecule has 0 aliphatic heterocycles. The number of alkyl carbamates (subject to hydrolysis) is 1. The molecule has 0 fully saturated rings. The number of benzene rings is 2. The minimum absolute atomic E-state index is 0.0454. The summed E-state index contributed by atoms with van der Waals surface area (Å²) in [4.78, 5) is 50.6. The fourth-order valence-corrected chi connectivity index (χ4v) is 5.59. The Morgan fingerprint density at radius 1 is 0.960 bits per heavy atom. The van der Waals surface area contributed by atoms with E-state index in [0.29, 0.717) is 18.0 Å². The minimum atomic E-state index is -1.13. The molecule has 2 aromatic carbocycles. The van der Waals surface area contributed by atoms with Crippen LogP contribution in [0.1, 0.15) is 61.2 Å². The number of amides is 4. The van der Waals surface area contributed by atoms with E-state index in [1.807, 2.05) is 88.4 Å². The molecule has 0 saturated carbocycles. The molecule has 4 aromatic rings. The number of oxazole rings is 1. The van der Waals surface area contributed by atoms with Gasteiger partial charge in [-0.15, -0.1) is 11.3 Å². The molecule has 0 unspecified atom stereocenters. The lowest BCUT2D eigenvalue weighted by Crippen LogP contribution is -2.58. The van der Waals surface area contributed by atoms with Crippen molar-refractivity contribution in [3.63, 3.8) is 0 Å². The molecule has 0 aliphatic rings. The van der Waals surface area contributed by atoms with E-state index in [9.17, 15) is 19.5 Å². The van der Waals surface area contributed by atoms with Crippen LogP contribution in [0, 0.1) is 5.92 Å². The van der Waals surface area contributed by atoms with E-state index in [2.05, 4.69) is 26.0 Å².